The minimum Gasteiger partial charge on any atom is -0.478 e. The molecule has 0 heterocycles. The van der Waals surface area contributed by atoms with Crippen LogP contribution in [0, 0.1) is 6.92 Å². The minimum atomic E-state index is -0.939. The molecule has 5 nitrogen and oxygen atoms in total. The van der Waals surface area contributed by atoms with Crippen LogP contribution in [-0.4, -0.2) is 25.2 Å². The highest BCUT2D eigenvalue weighted by Crippen LogP contribution is 2.35. The summed E-state index contributed by atoms with van der Waals surface area (Å²) in [5.41, 5.74) is 7.47. The maximum atomic E-state index is 11.8. The molecule has 0 aliphatic heterocycles. The van der Waals surface area contributed by atoms with Crippen LogP contribution < -0.4 is 15.5 Å². The standard InChI is InChI=1S/C29H35N3O2/c1-20-17-25(32(3)24-12-10-23(11-13-24)22-7-5-4-6-8-22)14-16-27(20)31-28-15-9-21(19-30-2)18-26(28)29(33)34/h9-18,22,30-31H,4-8,19H2,1-3H3,(H,33,34). The van der Waals surface area contributed by atoms with E-state index in [1.54, 1.807) is 6.07 Å². The number of aromatic carboxylic acids is 1. The van der Waals surface area contributed by atoms with Gasteiger partial charge in [0.15, 0.2) is 0 Å². The summed E-state index contributed by atoms with van der Waals surface area (Å²) < 4.78 is 0. The van der Waals surface area contributed by atoms with Crippen LogP contribution in [0.5, 0.6) is 0 Å². The molecule has 1 fully saturated rings. The molecule has 0 aromatic heterocycles. The lowest BCUT2D eigenvalue weighted by molar-refractivity contribution is 0.0698. The van der Waals surface area contributed by atoms with E-state index in [-0.39, 0.29) is 5.56 Å². The van der Waals surface area contributed by atoms with Crippen molar-refractivity contribution in [2.24, 2.45) is 0 Å². The molecule has 5 heteroatoms. The van der Waals surface area contributed by atoms with Crippen molar-refractivity contribution >= 4 is 28.7 Å². The first kappa shape index (κ1) is 23.8. The molecule has 178 valence electrons. The van der Waals surface area contributed by atoms with E-state index in [1.807, 2.05) is 32.2 Å². The molecule has 3 N–H and O–H groups in total. The van der Waals surface area contributed by atoms with Crippen LogP contribution in [0.2, 0.25) is 0 Å². The molecule has 0 atom stereocenters. The van der Waals surface area contributed by atoms with Crippen molar-refractivity contribution in [1.82, 2.24) is 5.32 Å². The summed E-state index contributed by atoms with van der Waals surface area (Å²) in [5.74, 6) is -0.227. The Kier molecular flexibility index (Phi) is 7.53. The van der Waals surface area contributed by atoms with Gasteiger partial charge in [-0.25, -0.2) is 4.79 Å². The van der Waals surface area contributed by atoms with E-state index >= 15 is 0 Å². The lowest BCUT2D eigenvalue weighted by Crippen LogP contribution is -2.11. The lowest BCUT2D eigenvalue weighted by Gasteiger charge is -2.24. The Balaban J connectivity index is 1.50. The van der Waals surface area contributed by atoms with E-state index < -0.39 is 5.97 Å². The van der Waals surface area contributed by atoms with Crippen LogP contribution >= 0.6 is 0 Å². The van der Waals surface area contributed by atoms with Gasteiger partial charge < -0.3 is 20.6 Å². The highest BCUT2D eigenvalue weighted by Gasteiger charge is 2.16. The minimum absolute atomic E-state index is 0.270. The van der Waals surface area contributed by atoms with E-state index in [0.29, 0.717) is 18.2 Å². The third-order valence-electron chi connectivity index (χ3n) is 6.92. The topological polar surface area (TPSA) is 64.6 Å². The number of anilines is 4. The maximum Gasteiger partial charge on any atom is 0.337 e. The van der Waals surface area contributed by atoms with Gasteiger partial charge in [-0.3, -0.25) is 0 Å². The fraction of sp³-hybridized carbons (Fsp3) is 0.345. The molecule has 0 radical (unpaired) electrons. The van der Waals surface area contributed by atoms with Gasteiger partial charge in [0.1, 0.15) is 0 Å². The van der Waals surface area contributed by atoms with Crippen molar-refractivity contribution in [3.05, 3.63) is 82.9 Å². The molecule has 1 aliphatic carbocycles. The first-order chi connectivity index (χ1) is 16.5. The Morgan fingerprint density at radius 3 is 2.26 bits per heavy atom. The molecule has 1 saturated carbocycles. The van der Waals surface area contributed by atoms with Crippen molar-refractivity contribution in [3.63, 3.8) is 0 Å². The first-order valence-electron chi connectivity index (χ1n) is 12.2. The summed E-state index contributed by atoms with van der Waals surface area (Å²) in [6, 6.07) is 20.7. The molecule has 0 spiro atoms. The van der Waals surface area contributed by atoms with Crippen LogP contribution in [0.4, 0.5) is 22.7 Å². The van der Waals surface area contributed by atoms with E-state index in [4.69, 9.17) is 0 Å². The Morgan fingerprint density at radius 2 is 1.62 bits per heavy atom. The van der Waals surface area contributed by atoms with Gasteiger partial charge in [0, 0.05) is 30.7 Å². The quantitative estimate of drug-likeness (QED) is 0.341. The molecule has 3 aromatic rings. The largest absolute Gasteiger partial charge is 0.478 e. The number of rotatable bonds is 8. The summed E-state index contributed by atoms with van der Waals surface area (Å²) in [5, 5.41) is 16.1. The SMILES string of the molecule is CNCc1ccc(Nc2ccc(N(C)c3ccc(C4CCCCC4)cc3)cc2C)c(C(=O)O)c1. The van der Waals surface area contributed by atoms with Crippen LogP contribution in [-0.2, 0) is 6.54 Å². The van der Waals surface area contributed by atoms with E-state index in [1.165, 1.54) is 37.7 Å². The fourth-order valence-electron chi connectivity index (χ4n) is 4.89. The van der Waals surface area contributed by atoms with Gasteiger partial charge in [-0.1, -0.05) is 37.5 Å². The fourth-order valence-corrected chi connectivity index (χ4v) is 4.89. The van der Waals surface area contributed by atoms with Gasteiger partial charge in [-0.2, -0.15) is 0 Å². The smallest absolute Gasteiger partial charge is 0.337 e. The van der Waals surface area contributed by atoms with E-state index in [9.17, 15) is 9.90 Å². The zero-order chi connectivity index (χ0) is 24.1. The summed E-state index contributed by atoms with van der Waals surface area (Å²) in [4.78, 5) is 14.0. The van der Waals surface area contributed by atoms with Crippen LogP contribution in [0.1, 0.15) is 65.1 Å². The summed E-state index contributed by atoms with van der Waals surface area (Å²) in [7, 11) is 3.93. The van der Waals surface area contributed by atoms with Crippen LogP contribution in [0.15, 0.2) is 60.7 Å². The van der Waals surface area contributed by atoms with E-state index in [2.05, 4.69) is 59.0 Å². The maximum absolute atomic E-state index is 11.8. The molecule has 1 aliphatic rings. The van der Waals surface area contributed by atoms with Gasteiger partial charge >= 0.3 is 5.97 Å². The first-order valence-corrected chi connectivity index (χ1v) is 12.2. The van der Waals surface area contributed by atoms with Gasteiger partial charge in [-0.15, -0.1) is 0 Å². The molecular weight excluding hydrogens is 422 g/mol. The molecule has 0 saturated heterocycles. The summed E-state index contributed by atoms with van der Waals surface area (Å²) in [6.45, 7) is 2.67. The Morgan fingerprint density at radius 1 is 0.941 bits per heavy atom. The second-order valence-corrected chi connectivity index (χ2v) is 9.33. The number of carboxylic acid groups (broad SMARTS) is 1. The Hall–Kier alpha value is -3.31. The Bertz CT molecular complexity index is 1130. The predicted molar refractivity (Wildman–Crippen MR) is 141 cm³/mol. The summed E-state index contributed by atoms with van der Waals surface area (Å²) >= 11 is 0. The number of aryl methyl sites for hydroxylation is 1. The predicted octanol–water partition coefficient (Wildman–Crippen LogP) is 6.97. The zero-order valence-electron chi connectivity index (χ0n) is 20.4. The molecule has 3 aromatic carbocycles. The third-order valence-corrected chi connectivity index (χ3v) is 6.92. The molecular formula is C29H35N3O2. The highest BCUT2D eigenvalue weighted by molar-refractivity contribution is 5.95. The van der Waals surface area contributed by atoms with Crippen molar-refractivity contribution in [1.29, 1.82) is 0 Å². The van der Waals surface area contributed by atoms with Crippen molar-refractivity contribution in [2.45, 2.75) is 51.5 Å². The lowest BCUT2D eigenvalue weighted by atomic mass is 9.84. The van der Waals surface area contributed by atoms with Crippen molar-refractivity contribution in [2.75, 3.05) is 24.3 Å². The van der Waals surface area contributed by atoms with E-state index in [0.717, 1.165) is 28.2 Å². The highest BCUT2D eigenvalue weighted by atomic mass is 16.4. The van der Waals surface area contributed by atoms with Gasteiger partial charge in [0.05, 0.1) is 11.3 Å². The number of hydrogen-bond acceptors (Lipinski definition) is 4. The Labute approximate surface area is 202 Å². The molecule has 0 amide bonds. The average molecular weight is 458 g/mol. The van der Waals surface area contributed by atoms with Crippen molar-refractivity contribution < 1.29 is 9.90 Å². The second-order valence-electron chi connectivity index (χ2n) is 9.33. The van der Waals surface area contributed by atoms with Crippen LogP contribution in [0.3, 0.4) is 0 Å². The second kappa shape index (κ2) is 10.7. The van der Waals surface area contributed by atoms with Crippen LogP contribution in [0.25, 0.3) is 0 Å². The van der Waals surface area contributed by atoms with Gasteiger partial charge in [0.25, 0.3) is 0 Å². The number of hydrogen-bond donors (Lipinski definition) is 3. The number of benzene rings is 3. The average Bonchev–Trinajstić information content (AvgIpc) is 2.86. The molecule has 4 rings (SSSR count). The number of carboxylic acids is 1. The molecule has 0 unspecified atom stereocenters. The number of carbonyl (C=O) groups is 1. The van der Waals surface area contributed by atoms with Gasteiger partial charge in [-0.05, 0) is 91.9 Å². The number of nitrogens with zero attached hydrogens (tertiary/aromatic N) is 1. The monoisotopic (exact) mass is 457 g/mol. The zero-order valence-corrected chi connectivity index (χ0v) is 20.4. The van der Waals surface area contributed by atoms with Gasteiger partial charge in [0.2, 0.25) is 0 Å². The summed E-state index contributed by atoms with van der Waals surface area (Å²) in [6.07, 6.45) is 6.69. The normalized spacial score (nSPS) is 14.1. The van der Waals surface area contributed by atoms with Crippen molar-refractivity contribution in [3.8, 4) is 0 Å². The number of nitrogens with one attached hydrogen (secondary N) is 2. The molecule has 34 heavy (non-hydrogen) atoms. The third kappa shape index (κ3) is 5.42. The molecule has 0 bridgehead atoms.